The summed E-state index contributed by atoms with van der Waals surface area (Å²) in [6.45, 7) is 0.628. The van der Waals surface area contributed by atoms with E-state index in [1.165, 1.54) is 0 Å². The zero-order valence-electron chi connectivity index (χ0n) is 13.4. The molecule has 1 aromatic carbocycles. The van der Waals surface area contributed by atoms with E-state index in [-0.39, 0.29) is 50.1 Å². The van der Waals surface area contributed by atoms with E-state index < -0.39 is 12.0 Å². The second kappa shape index (κ2) is 7.63. The topological polar surface area (TPSA) is 71.1 Å². The second-order valence-corrected chi connectivity index (χ2v) is 6.33. The van der Waals surface area contributed by atoms with Gasteiger partial charge >= 0.3 is 0 Å². The number of fused-ring (bicyclic) bond motifs is 1. The van der Waals surface area contributed by atoms with Crippen LogP contribution in [0.3, 0.4) is 0 Å². The summed E-state index contributed by atoms with van der Waals surface area (Å²) in [5.74, 6) is -2.48. The molecule has 136 valence electrons. The lowest BCUT2D eigenvalue weighted by Gasteiger charge is -2.32. The Labute approximate surface area is 148 Å². The molecule has 2 aromatic rings. The fraction of sp³-hybridized carbons (Fsp3) is 0.500. The number of rotatable bonds is 6. The van der Waals surface area contributed by atoms with Crippen LogP contribution < -0.4 is 0 Å². The number of oxazole rings is 1. The largest absolute Gasteiger partial charge is 0.434 e. The molecule has 1 unspecified atom stereocenters. The van der Waals surface area contributed by atoms with E-state index in [2.05, 4.69) is 10.1 Å². The Hall–Kier alpha value is -1.77. The molecule has 1 atom stereocenters. The smallest absolute Gasteiger partial charge is 0.261 e. The van der Waals surface area contributed by atoms with Crippen molar-refractivity contribution in [1.29, 1.82) is 0 Å². The van der Waals surface area contributed by atoms with Crippen LogP contribution in [0.15, 0.2) is 33.8 Å². The zero-order valence-corrected chi connectivity index (χ0v) is 14.1. The van der Waals surface area contributed by atoms with Crippen molar-refractivity contribution in [2.45, 2.75) is 24.9 Å². The van der Waals surface area contributed by atoms with Crippen LogP contribution in [0.25, 0.3) is 11.1 Å². The van der Waals surface area contributed by atoms with Crippen LogP contribution in [0.1, 0.15) is 18.7 Å². The van der Waals surface area contributed by atoms with Crippen molar-refractivity contribution < 1.29 is 23.1 Å². The molecule has 0 spiro atoms. The Morgan fingerprint density at radius 1 is 1.40 bits per heavy atom. The number of hydrogen-bond acceptors (Lipinski definition) is 6. The number of β-amino-alcohol motifs (C(OH)–C–C–N with tert-alkyl or cyclic N) is 1. The molecule has 1 aliphatic heterocycles. The highest BCUT2D eigenvalue weighted by atomic mass is 35.5. The van der Waals surface area contributed by atoms with Gasteiger partial charge in [-0.15, -0.1) is 0 Å². The Balaban J connectivity index is 1.47. The lowest BCUT2D eigenvalue weighted by atomic mass is 10.1. The van der Waals surface area contributed by atoms with Crippen molar-refractivity contribution in [2.24, 2.45) is 5.16 Å². The predicted octanol–water partition coefficient (Wildman–Crippen LogP) is 2.84. The molecule has 1 aliphatic rings. The lowest BCUT2D eigenvalue weighted by molar-refractivity contribution is -0.0657. The van der Waals surface area contributed by atoms with Gasteiger partial charge in [-0.2, -0.15) is 0 Å². The fourth-order valence-corrected chi connectivity index (χ4v) is 2.72. The molecule has 3 rings (SSSR count). The van der Waals surface area contributed by atoms with Gasteiger partial charge in [0.1, 0.15) is 18.2 Å². The van der Waals surface area contributed by atoms with Gasteiger partial charge in [-0.3, -0.25) is 0 Å². The molecule has 6 nitrogen and oxygen atoms in total. The van der Waals surface area contributed by atoms with Crippen LogP contribution >= 0.6 is 11.6 Å². The van der Waals surface area contributed by atoms with Crippen molar-refractivity contribution in [3.05, 3.63) is 30.2 Å². The molecule has 1 saturated heterocycles. The van der Waals surface area contributed by atoms with Crippen molar-refractivity contribution in [2.75, 3.05) is 26.2 Å². The molecule has 9 heteroatoms. The summed E-state index contributed by atoms with van der Waals surface area (Å²) in [4.78, 5) is 11.0. The Bertz CT molecular complexity index is 710. The number of aromatic nitrogens is 1. The fourth-order valence-electron chi connectivity index (χ4n) is 2.59. The normalized spacial score (nSPS) is 19.9. The SMILES string of the molecule is OC(CO/N=C(\Cl)c1nc2ccccc2o1)CN1CCC(F)(F)CC1. The summed E-state index contributed by atoms with van der Waals surface area (Å²) in [5.41, 5.74) is 1.22. The number of para-hydroxylation sites is 2. The van der Waals surface area contributed by atoms with E-state index in [4.69, 9.17) is 20.9 Å². The van der Waals surface area contributed by atoms with Gasteiger partial charge in [0.05, 0.1) is 0 Å². The first-order chi connectivity index (χ1) is 11.9. The number of hydrogen-bond donors (Lipinski definition) is 1. The van der Waals surface area contributed by atoms with Crippen LogP contribution in [0.5, 0.6) is 0 Å². The molecule has 0 bridgehead atoms. The molecule has 0 aliphatic carbocycles. The Morgan fingerprint density at radius 3 is 2.84 bits per heavy atom. The minimum atomic E-state index is -2.60. The van der Waals surface area contributed by atoms with E-state index in [0.29, 0.717) is 11.1 Å². The monoisotopic (exact) mass is 373 g/mol. The standard InChI is InChI=1S/C16H18ClF2N3O3/c17-14(15-20-12-3-1-2-4-13(12)25-15)21-24-10-11(23)9-22-7-5-16(18,19)6-8-22/h1-4,11,23H,5-10H2/b21-14-. The highest BCUT2D eigenvalue weighted by molar-refractivity contribution is 6.68. The molecule has 0 amide bonds. The summed E-state index contributed by atoms with van der Waals surface area (Å²) in [5, 5.41) is 13.5. The molecule has 1 N–H and O–H groups in total. The number of oxime groups is 1. The van der Waals surface area contributed by atoms with Gasteiger partial charge in [0.2, 0.25) is 5.17 Å². The molecule has 2 heterocycles. The Morgan fingerprint density at radius 2 is 2.12 bits per heavy atom. The third-order valence-electron chi connectivity index (χ3n) is 3.94. The number of benzene rings is 1. The first-order valence-corrected chi connectivity index (χ1v) is 8.30. The Kier molecular flexibility index (Phi) is 5.51. The van der Waals surface area contributed by atoms with Crippen LogP contribution in [0.4, 0.5) is 8.78 Å². The summed E-state index contributed by atoms with van der Waals surface area (Å²) < 4.78 is 31.6. The van der Waals surface area contributed by atoms with Gasteiger partial charge in [-0.05, 0) is 12.1 Å². The maximum atomic E-state index is 13.1. The third-order valence-corrected chi connectivity index (χ3v) is 4.17. The number of alkyl halides is 2. The molecule has 1 aromatic heterocycles. The van der Waals surface area contributed by atoms with Gasteiger partial charge in [0.25, 0.3) is 11.8 Å². The quantitative estimate of drug-likeness (QED) is 0.622. The first kappa shape index (κ1) is 18.0. The average Bonchev–Trinajstić information content (AvgIpc) is 3.01. The van der Waals surface area contributed by atoms with E-state index >= 15 is 0 Å². The molecule has 0 saturated carbocycles. The number of nitrogens with zero attached hydrogens (tertiary/aromatic N) is 3. The van der Waals surface area contributed by atoms with E-state index in [1.807, 2.05) is 12.1 Å². The third kappa shape index (κ3) is 4.87. The molecular weight excluding hydrogens is 356 g/mol. The van der Waals surface area contributed by atoms with Crippen LogP contribution in [-0.4, -0.2) is 58.4 Å². The minimum Gasteiger partial charge on any atom is -0.434 e. The predicted molar refractivity (Wildman–Crippen MR) is 89.0 cm³/mol. The number of aliphatic hydroxyl groups is 1. The maximum absolute atomic E-state index is 13.1. The van der Waals surface area contributed by atoms with Gasteiger partial charge in [-0.1, -0.05) is 28.9 Å². The molecule has 25 heavy (non-hydrogen) atoms. The summed E-state index contributed by atoms with van der Waals surface area (Å²) in [6, 6.07) is 7.16. The van der Waals surface area contributed by atoms with Crippen molar-refractivity contribution in [3.8, 4) is 0 Å². The van der Waals surface area contributed by atoms with Gasteiger partial charge in [0.15, 0.2) is 5.58 Å². The van der Waals surface area contributed by atoms with Gasteiger partial charge < -0.3 is 19.3 Å². The highest BCUT2D eigenvalue weighted by Crippen LogP contribution is 2.27. The van der Waals surface area contributed by atoms with Crippen molar-refractivity contribution in [1.82, 2.24) is 9.88 Å². The van der Waals surface area contributed by atoms with Crippen LogP contribution in [0, 0.1) is 0 Å². The van der Waals surface area contributed by atoms with E-state index in [0.717, 1.165) is 0 Å². The van der Waals surface area contributed by atoms with Gasteiger partial charge in [-0.25, -0.2) is 13.8 Å². The van der Waals surface area contributed by atoms with E-state index in [9.17, 15) is 13.9 Å². The number of piperidine rings is 1. The second-order valence-electron chi connectivity index (χ2n) is 5.97. The molecule has 0 radical (unpaired) electrons. The summed E-state index contributed by atoms with van der Waals surface area (Å²) >= 11 is 5.98. The van der Waals surface area contributed by atoms with Gasteiger partial charge in [0, 0.05) is 32.5 Å². The summed E-state index contributed by atoms with van der Waals surface area (Å²) in [7, 11) is 0. The lowest BCUT2D eigenvalue weighted by Crippen LogP contribution is -2.43. The average molecular weight is 374 g/mol. The van der Waals surface area contributed by atoms with Crippen molar-refractivity contribution >= 4 is 27.9 Å². The van der Waals surface area contributed by atoms with E-state index in [1.54, 1.807) is 17.0 Å². The summed E-state index contributed by atoms with van der Waals surface area (Å²) in [6.07, 6.45) is -1.24. The maximum Gasteiger partial charge on any atom is 0.261 e. The molecular formula is C16H18ClF2N3O3. The minimum absolute atomic E-state index is 0.0685. The van der Waals surface area contributed by atoms with Crippen LogP contribution in [-0.2, 0) is 4.84 Å². The molecule has 1 fully saturated rings. The zero-order chi connectivity index (χ0) is 17.9. The number of likely N-dealkylation sites (tertiary alicyclic amines) is 1. The number of halogens is 3. The van der Waals surface area contributed by atoms with Crippen molar-refractivity contribution in [3.63, 3.8) is 0 Å². The highest BCUT2D eigenvalue weighted by Gasteiger charge is 2.34. The van der Waals surface area contributed by atoms with Crippen LogP contribution in [0.2, 0.25) is 0 Å². The number of aliphatic hydroxyl groups excluding tert-OH is 1. The first-order valence-electron chi connectivity index (χ1n) is 7.93.